The van der Waals surface area contributed by atoms with Crippen LogP contribution in [0.15, 0.2) is 18.2 Å². The summed E-state index contributed by atoms with van der Waals surface area (Å²) in [6, 6.07) is 5.90. The third-order valence-corrected chi connectivity index (χ3v) is 6.74. The van der Waals surface area contributed by atoms with Crippen molar-refractivity contribution in [2.75, 3.05) is 6.54 Å². The van der Waals surface area contributed by atoms with Gasteiger partial charge in [0.2, 0.25) is 5.91 Å². The number of benzene rings is 1. The zero-order valence-corrected chi connectivity index (χ0v) is 19.0. The maximum atomic E-state index is 12.7. The summed E-state index contributed by atoms with van der Waals surface area (Å²) in [5.41, 5.74) is 6.51. The molecular formula is C24H35BN2O5. The average Bonchev–Trinajstić information content (AvgIpc) is 2.74. The van der Waals surface area contributed by atoms with Gasteiger partial charge >= 0.3 is 7.12 Å². The third-order valence-electron chi connectivity index (χ3n) is 6.74. The fourth-order valence-electron chi connectivity index (χ4n) is 4.93. The van der Waals surface area contributed by atoms with Crippen molar-refractivity contribution < 1.29 is 24.1 Å². The number of Topliss-reactive ketones (excluding diaryl/α,β-unsaturated/α-hetero) is 2. The zero-order valence-electron chi connectivity index (χ0n) is 19.0. The minimum atomic E-state index is -1.07. The SMILES string of the molecule is CC(=O)c1cccc2c1OB(O)[C@@H](CC(=O)CC1CCC(NCCCCC(N)=O)CC1)C2. The van der Waals surface area contributed by atoms with Gasteiger partial charge in [-0.05, 0) is 76.0 Å². The van der Waals surface area contributed by atoms with Crippen LogP contribution in [0.25, 0.3) is 0 Å². The van der Waals surface area contributed by atoms with Gasteiger partial charge in [0.15, 0.2) is 5.78 Å². The molecule has 8 heteroatoms. The summed E-state index contributed by atoms with van der Waals surface area (Å²) in [5, 5.41) is 14.0. The van der Waals surface area contributed by atoms with Gasteiger partial charge in [0.25, 0.3) is 0 Å². The molecule has 4 N–H and O–H groups in total. The van der Waals surface area contributed by atoms with E-state index in [1.165, 1.54) is 6.92 Å². The predicted molar refractivity (Wildman–Crippen MR) is 124 cm³/mol. The summed E-state index contributed by atoms with van der Waals surface area (Å²) >= 11 is 0. The second-order valence-electron chi connectivity index (χ2n) is 9.36. The van der Waals surface area contributed by atoms with Gasteiger partial charge in [0.1, 0.15) is 11.5 Å². The molecule has 174 valence electrons. The number of amides is 1. The Bertz CT molecular complexity index is 823. The molecule has 1 aromatic carbocycles. The summed E-state index contributed by atoms with van der Waals surface area (Å²) in [6.45, 7) is 2.38. The Kier molecular flexibility index (Phi) is 8.88. The third kappa shape index (κ3) is 6.91. The molecule has 0 unspecified atom stereocenters. The monoisotopic (exact) mass is 442 g/mol. The van der Waals surface area contributed by atoms with Gasteiger partial charge in [-0.2, -0.15) is 0 Å². The van der Waals surface area contributed by atoms with Crippen LogP contribution in [0.3, 0.4) is 0 Å². The van der Waals surface area contributed by atoms with Crippen LogP contribution >= 0.6 is 0 Å². The Hall–Kier alpha value is -2.19. The van der Waals surface area contributed by atoms with Crippen molar-refractivity contribution >= 4 is 24.6 Å². The number of primary amides is 1. The zero-order chi connectivity index (χ0) is 23.1. The van der Waals surface area contributed by atoms with E-state index in [2.05, 4.69) is 5.32 Å². The fraction of sp³-hybridized carbons (Fsp3) is 0.625. The molecule has 3 rings (SSSR count). The van der Waals surface area contributed by atoms with E-state index in [-0.39, 0.29) is 23.3 Å². The fourth-order valence-corrected chi connectivity index (χ4v) is 4.93. The highest BCUT2D eigenvalue weighted by Gasteiger charge is 2.37. The first-order valence-electron chi connectivity index (χ1n) is 11.8. The highest BCUT2D eigenvalue weighted by Crippen LogP contribution is 2.37. The molecule has 1 fully saturated rings. The highest BCUT2D eigenvalue weighted by atomic mass is 16.5. The van der Waals surface area contributed by atoms with Gasteiger partial charge in [-0.15, -0.1) is 0 Å². The largest absolute Gasteiger partial charge is 0.535 e. The quantitative estimate of drug-likeness (QED) is 0.276. The standard InChI is InChI=1S/C24H35BN2O5/c1-16(28)22-6-4-5-18-14-19(25(31)32-24(18)22)15-21(29)13-17-8-10-20(11-9-17)27-12-3-2-7-23(26)30/h4-6,17,19-20,27,31H,2-3,7-15H2,1H3,(H2,26,30)/t17?,19-,20?/m1/s1. The lowest BCUT2D eigenvalue weighted by Gasteiger charge is -2.30. The Balaban J connectivity index is 1.40. The van der Waals surface area contributed by atoms with Gasteiger partial charge in [0.05, 0.1) is 5.56 Å². The minimum Gasteiger partial charge on any atom is -0.535 e. The molecule has 1 atom stereocenters. The van der Waals surface area contributed by atoms with Gasteiger partial charge in [-0.25, -0.2) is 0 Å². The highest BCUT2D eigenvalue weighted by molar-refractivity contribution is 6.47. The summed E-state index contributed by atoms with van der Waals surface area (Å²) < 4.78 is 5.66. The van der Waals surface area contributed by atoms with Crippen LogP contribution in [-0.4, -0.2) is 42.2 Å². The van der Waals surface area contributed by atoms with Crippen LogP contribution in [-0.2, 0) is 16.0 Å². The first-order chi connectivity index (χ1) is 15.3. The Morgan fingerprint density at radius 1 is 1.16 bits per heavy atom. The van der Waals surface area contributed by atoms with Crippen LogP contribution < -0.4 is 15.7 Å². The first-order valence-corrected chi connectivity index (χ1v) is 11.8. The lowest BCUT2D eigenvalue weighted by molar-refractivity contribution is -0.120. The molecule has 0 aromatic heterocycles. The number of carbonyl (C=O) groups excluding carboxylic acids is 3. The van der Waals surface area contributed by atoms with Crippen molar-refractivity contribution in [3.8, 4) is 5.75 Å². The topological polar surface area (TPSA) is 119 Å². The molecule has 0 saturated heterocycles. The van der Waals surface area contributed by atoms with Gasteiger partial charge in [-0.1, -0.05) is 12.1 Å². The van der Waals surface area contributed by atoms with Crippen molar-refractivity contribution in [2.24, 2.45) is 11.7 Å². The molecule has 1 saturated carbocycles. The van der Waals surface area contributed by atoms with Crippen molar-refractivity contribution in [3.63, 3.8) is 0 Å². The van der Waals surface area contributed by atoms with E-state index >= 15 is 0 Å². The van der Waals surface area contributed by atoms with E-state index in [1.807, 2.05) is 12.1 Å². The van der Waals surface area contributed by atoms with Crippen LogP contribution in [0, 0.1) is 5.92 Å². The Morgan fingerprint density at radius 3 is 2.59 bits per heavy atom. The van der Waals surface area contributed by atoms with E-state index in [4.69, 9.17) is 10.4 Å². The van der Waals surface area contributed by atoms with Crippen molar-refractivity contribution in [3.05, 3.63) is 29.3 Å². The van der Waals surface area contributed by atoms with Gasteiger partial charge in [-0.3, -0.25) is 14.4 Å². The lowest BCUT2D eigenvalue weighted by atomic mass is 9.64. The predicted octanol–water partition coefficient (Wildman–Crippen LogP) is 2.83. The molecule has 2 aliphatic rings. The smallest absolute Gasteiger partial charge is 0.526 e. The molecule has 1 heterocycles. The molecule has 1 aromatic rings. The molecule has 1 aliphatic heterocycles. The summed E-state index contributed by atoms with van der Waals surface area (Å²) in [6.07, 6.45) is 7.77. The molecule has 0 radical (unpaired) electrons. The number of fused-ring (bicyclic) bond motifs is 1. The maximum absolute atomic E-state index is 12.7. The molecule has 0 spiro atoms. The van der Waals surface area contributed by atoms with Gasteiger partial charge in [0, 0.05) is 31.1 Å². The average molecular weight is 442 g/mol. The molecule has 32 heavy (non-hydrogen) atoms. The summed E-state index contributed by atoms with van der Waals surface area (Å²) in [5.74, 6) is 0.402. The van der Waals surface area contributed by atoms with E-state index in [0.29, 0.717) is 49.0 Å². The number of carbonyl (C=O) groups is 3. The number of unbranched alkanes of at least 4 members (excludes halogenated alkanes) is 1. The van der Waals surface area contributed by atoms with E-state index in [0.717, 1.165) is 50.6 Å². The molecule has 1 aliphatic carbocycles. The van der Waals surface area contributed by atoms with E-state index in [1.54, 1.807) is 6.07 Å². The number of hydrogen-bond acceptors (Lipinski definition) is 6. The molecule has 7 nitrogen and oxygen atoms in total. The van der Waals surface area contributed by atoms with Crippen LogP contribution in [0.2, 0.25) is 5.82 Å². The maximum Gasteiger partial charge on any atom is 0.526 e. The number of rotatable bonds is 11. The van der Waals surface area contributed by atoms with Crippen LogP contribution in [0.4, 0.5) is 0 Å². The van der Waals surface area contributed by atoms with Crippen molar-refractivity contribution in [2.45, 2.75) is 83.0 Å². The Morgan fingerprint density at radius 2 is 1.91 bits per heavy atom. The van der Waals surface area contributed by atoms with Crippen LogP contribution in [0.1, 0.15) is 80.6 Å². The number of para-hydroxylation sites is 1. The van der Waals surface area contributed by atoms with E-state index < -0.39 is 7.12 Å². The lowest BCUT2D eigenvalue weighted by Crippen LogP contribution is -2.36. The number of ketones is 2. The number of nitrogens with two attached hydrogens (primary N) is 1. The Labute approximate surface area is 190 Å². The van der Waals surface area contributed by atoms with Gasteiger partial charge < -0.3 is 20.7 Å². The molecular weight excluding hydrogens is 407 g/mol. The summed E-state index contributed by atoms with van der Waals surface area (Å²) in [4.78, 5) is 35.3. The first kappa shape index (κ1) is 24.5. The molecule has 0 bridgehead atoms. The minimum absolute atomic E-state index is 0.0978. The number of nitrogens with one attached hydrogen (secondary N) is 1. The number of hydrogen-bond donors (Lipinski definition) is 3. The summed E-state index contributed by atoms with van der Waals surface area (Å²) in [7, 11) is -1.07. The second kappa shape index (κ2) is 11.6. The molecule has 1 amide bonds. The normalized spacial score (nSPS) is 22.7. The van der Waals surface area contributed by atoms with E-state index in [9.17, 15) is 19.4 Å². The van der Waals surface area contributed by atoms with Crippen molar-refractivity contribution in [1.82, 2.24) is 5.32 Å². The van der Waals surface area contributed by atoms with Crippen molar-refractivity contribution in [1.29, 1.82) is 0 Å². The second-order valence-corrected chi connectivity index (χ2v) is 9.36. The van der Waals surface area contributed by atoms with Crippen LogP contribution in [0.5, 0.6) is 5.75 Å².